The second-order valence-electron chi connectivity index (χ2n) is 6.82. The summed E-state index contributed by atoms with van der Waals surface area (Å²) < 4.78 is 3.80. The zero-order valence-corrected chi connectivity index (χ0v) is 18.3. The molecule has 1 aliphatic heterocycles. The second kappa shape index (κ2) is 8.03. The van der Waals surface area contributed by atoms with Crippen LogP contribution in [0, 0.1) is 0 Å². The normalized spacial score (nSPS) is 13.8. The SMILES string of the molecule is CCn1cc(-c2cc3c(cn2)cnn3-c2cccc(N3CCCC3)n2)cn1.[H-].[Na+]. The Morgan fingerprint density at radius 3 is 2.64 bits per heavy atom. The zero-order chi connectivity index (χ0) is 18.2. The van der Waals surface area contributed by atoms with Gasteiger partial charge in [-0.2, -0.15) is 10.2 Å². The van der Waals surface area contributed by atoms with Gasteiger partial charge in [-0.3, -0.25) is 9.67 Å². The molecule has 0 bridgehead atoms. The smallest absolute Gasteiger partial charge is 1.00 e. The number of hydrogen-bond acceptors (Lipinski definition) is 5. The van der Waals surface area contributed by atoms with Crippen LogP contribution in [-0.4, -0.2) is 42.6 Å². The Balaban J connectivity index is 0.00000120. The standard InChI is InChI=1S/C20H21N7.Na.H/c1-2-26-14-16(13-22-26)17-10-18-15(11-21-17)12-23-27(18)20-7-5-6-19(24-20)25-8-3-4-9-25;;/h5-7,10-14H,2-4,8-9H2,1H3;;/q;+1;-1. The first-order valence-corrected chi connectivity index (χ1v) is 9.41. The average Bonchev–Trinajstić information content (AvgIpc) is 3.48. The van der Waals surface area contributed by atoms with Crippen LogP contribution in [0.5, 0.6) is 0 Å². The third kappa shape index (κ3) is 3.45. The summed E-state index contributed by atoms with van der Waals surface area (Å²) in [6, 6.07) is 8.19. The Bertz CT molecular complexity index is 1100. The average molecular weight is 383 g/mol. The molecular formula is C20H22N7Na. The number of hydrogen-bond donors (Lipinski definition) is 0. The molecule has 0 atom stereocenters. The molecule has 138 valence electrons. The Morgan fingerprint density at radius 2 is 1.86 bits per heavy atom. The van der Waals surface area contributed by atoms with Gasteiger partial charge in [0.05, 0.1) is 23.6 Å². The zero-order valence-electron chi connectivity index (χ0n) is 17.3. The number of rotatable bonds is 4. The predicted molar refractivity (Wildman–Crippen MR) is 106 cm³/mol. The Morgan fingerprint density at radius 1 is 1.04 bits per heavy atom. The van der Waals surface area contributed by atoms with Crippen molar-refractivity contribution >= 4 is 16.7 Å². The van der Waals surface area contributed by atoms with Crippen molar-refractivity contribution < 1.29 is 31.0 Å². The number of aryl methyl sites for hydroxylation is 1. The fourth-order valence-corrected chi connectivity index (χ4v) is 3.58. The van der Waals surface area contributed by atoms with Gasteiger partial charge < -0.3 is 6.33 Å². The van der Waals surface area contributed by atoms with Crippen LogP contribution in [0.1, 0.15) is 21.2 Å². The minimum absolute atomic E-state index is 0. The first-order chi connectivity index (χ1) is 13.3. The van der Waals surface area contributed by atoms with E-state index in [0.717, 1.165) is 53.4 Å². The van der Waals surface area contributed by atoms with Gasteiger partial charge in [-0.05, 0) is 38.0 Å². The van der Waals surface area contributed by atoms with Gasteiger partial charge in [0.15, 0.2) is 5.82 Å². The fourth-order valence-electron chi connectivity index (χ4n) is 3.58. The van der Waals surface area contributed by atoms with Gasteiger partial charge >= 0.3 is 29.6 Å². The quantitative estimate of drug-likeness (QED) is 0.478. The first kappa shape index (κ1) is 19.1. The summed E-state index contributed by atoms with van der Waals surface area (Å²) in [5, 5.41) is 9.91. The van der Waals surface area contributed by atoms with Crippen LogP contribution in [0.25, 0.3) is 28.0 Å². The first-order valence-electron chi connectivity index (χ1n) is 9.41. The van der Waals surface area contributed by atoms with Crippen LogP contribution in [0.4, 0.5) is 5.82 Å². The number of aromatic nitrogens is 6. The monoisotopic (exact) mass is 383 g/mol. The van der Waals surface area contributed by atoms with E-state index in [1.807, 2.05) is 40.2 Å². The van der Waals surface area contributed by atoms with Gasteiger partial charge in [-0.15, -0.1) is 0 Å². The van der Waals surface area contributed by atoms with Crippen molar-refractivity contribution in [1.29, 1.82) is 0 Å². The minimum atomic E-state index is 0. The largest absolute Gasteiger partial charge is 1.00 e. The van der Waals surface area contributed by atoms with Crippen molar-refractivity contribution in [2.75, 3.05) is 18.0 Å². The molecule has 0 saturated carbocycles. The molecule has 5 heterocycles. The number of fused-ring (bicyclic) bond motifs is 1. The molecule has 0 radical (unpaired) electrons. The van der Waals surface area contributed by atoms with E-state index in [1.54, 1.807) is 0 Å². The molecule has 1 fully saturated rings. The molecule has 1 aliphatic rings. The van der Waals surface area contributed by atoms with Gasteiger partial charge in [-0.1, -0.05) is 6.07 Å². The molecule has 0 unspecified atom stereocenters. The van der Waals surface area contributed by atoms with Gasteiger partial charge in [0.2, 0.25) is 0 Å². The van der Waals surface area contributed by atoms with Crippen LogP contribution in [0.3, 0.4) is 0 Å². The molecule has 0 amide bonds. The summed E-state index contributed by atoms with van der Waals surface area (Å²) in [6.07, 6.45) is 10.0. The van der Waals surface area contributed by atoms with Crippen LogP contribution in [0.2, 0.25) is 0 Å². The van der Waals surface area contributed by atoms with Crippen molar-refractivity contribution in [3.8, 4) is 17.1 Å². The van der Waals surface area contributed by atoms with Crippen LogP contribution in [0.15, 0.2) is 49.1 Å². The molecule has 8 heteroatoms. The predicted octanol–water partition coefficient (Wildman–Crippen LogP) is 0.416. The topological polar surface area (TPSA) is 64.7 Å². The van der Waals surface area contributed by atoms with Crippen molar-refractivity contribution in [3.63, 3.8) is 0 Å². The molecule has 0 aromatic carbocycles. The van der Waals surface area contributed by atoms with Gasteiger partial charge in [0, 0.05) is 43.0 Å². The second-order valence-corrected chi connectivity index (χ2v) is 6.82. The third-order valence-corrected chi connectivity index (χ3v) is 5.07. The van der Waals surface area contributed by atoms with Crippen LogP contribution in [-0.2, 0) is 6.54 Å². The van der Waals surface area contributed by atoms with E-state index in [4.69, 9.17) is 4.98 Å². The van der Waals surface area contributed by atoms with Crippen molar-refractivity contribution in [2.45, 2.75) is 26.3 Å². The molecule has 5 rings (SSSR count). The molecular weight excluding hydrogens is 361 g/mol. The van der Waals surface area contributed by atoms with E-state index < -0.39 is 0 Å². The van der Waals surface area contributed by atoms with E-state index in [-0.39, 0.29) is 31.0 Å². The summed E-state index contributed by atoms with van der Waals surface area (Å²) in [5.74, 6) is 1.85. The molecule has 28 heavy (non-hydrogen) atoms. The van der Waals surface area contributed by atoms with Gasteiger partial charge in [0.1, 0.15) is 5.82 Å². The third-order valence-electron chi connectivity index (χ3n) is 5.07. The molecule has 0 N–H and O–H groups in total. The Hall–Kier alpha value is -2.22. The maximum atomic E-state index is 4.86. The number of pyridine rings is 2. The van der Waals surface area contributed by atoms with E-state index in [0.29, 0.717) is 0 Å². The molecule has 4 aromatic rings. The molecule has 7 nitrogen and oxygen atoms in total. The number of nitrogens with zero attached hydrogens (tertiary/aromatic N) is 7. The van der Waals surface area contributed by atoms with Gasteiger partial charge in [-0.25, -0.2) is 9.67 Å². The summed E-state index contributed by atoms with van der Waals surface area (Å²) in [6.45, 7) is 5.06. The van der Waals surface area contributed by atoms with Crippen molar-refractivity contribution in [3.05, 3.63) is 49.1 Å². The molecule has 0 spiro atoms. The fraction of sp³-hybridized carbons (Fsp3) is 0.300. The summed E-state index contributed by atoms with van der Waals surface area (Å²) >= 11 is 0. The van der Waals surface area contributed by atoms with Crippen molar-refractivity contribution in [2.24, 2.45) is 0 Å². The van der Waals surface area contributed by atoms with Crippen LogP contribution >= 0.6 is 0 Å². The maximum absolute atomic E-state index is 4.86. The summed E-state index contributed by atoms with van der Waals surface area (Å²) in [7, 11) is 0. The van der Waals surface area contributed by atoms with E-state index in [2.05, 4.69) is 45.2 Å². The van der Waals surface area contributed by atoms with Crippen LogP contribution < -0.4 is 34.5 Å². The Kier molecular flexibility index (Phi) is 5.48. The number of anilines is 1. The summed E-state index contributed by atoms with van der Waals surface area (Å²) in [4.78, 5) is 11.8. The van der Waals surface area contributed by atoms with E-state index >= 15 is 0 Å². The Labute approximate surface area is 187 Å². The van der Waals surface area contributed by atoms with Gasteiger partial charge in [0.25, 0.3) is 0 Å². The summed E-state index contributed by atoms with van der Waals surface area (Å²) in [5.41, 5.74) is 2.89. The maximum Gasteiger partial charge on any atom is 1.00 e. The van der Waals surface area contributed by atoms with Crippen molar-refractivity contribution in [1.82, 2.24) is 29.5 Å². The molecule has 1 saturated heterocycles. The van der Waals surface area contributed by atoms with E-state index in [1.165, 1.54) is 12.8 Å². The van der Waals surface area contributed by atoms with E-state index in [9.17, 15) is 0 Å². The minimum Gasteiger partial charge on any atom is -1.00 e. The molecule has 4 aromatic heterocycles. The molecule has 0 aliphatic carbocycles.